The Morgan fingerprint density at radius 1 is 0.500 bits per heavy atom. The Kier molecular flexibility index (Phi) is 18.4. The van der Waals surface area contributed by atoms with Gasteiger partial charge in [-0.1, -0.05) is 132 Å². The average Bonchev–Trinajstić information content (AvgIpc) is 0.759. The van der Waals surface area contributed by atoms with Crippen molar-refractivity contribution in [3.8, 4) is 33.8 Å². The van der Waals surface area contributed by atoms with Gasteiger partial charge in [-0.3, -0.25) is 4.90 Å². The van der Waals surface area contributed by atoms with Crippen molar-refractivity contribution in [1.82, 2.24) is 50.8 Å². The number of likely N-dealkylation sites (tertiary alicyclic amines) is 1. The zero-order valence-electron chi connectivity index (χ0n) is 52.3. The lowest BCUT2D eigenvalue weighted by Crippen LogP contribution is -2.43. The molecular formula is C74H82Cl2F3N13. The molecule has 0 bridgehead atoms. The first-order valence-electron chi connectivity index (χ1n) is 33.4. The Morgan fingerprint density at radius 3 is 1.45 bits per heavy atom. The maximum Gasteiger partial charge on any atom is 0.391 e. The first-order chi connectivity index (χ1) is 44.9. The number of halogens is 5. The van der Waals surface area contributed by atoms with E-state index < -0.39 is 12.1 Å². The van der Waals surface area contributed by atoms with Crippen molar-refractivity contribution in [3.63, 3.8) is 0 Å². The van der Waals surface area contributed by atoms with E-state index >= 15 is 0 Å². The van der Waals surface area contributed by atoms with Crippen LogP contribution in [0.4, 0.5) is 31.0 Å². The van der Waals surface area contributed by atoms with Crippen molar-refractivity contribution in [3.05, 3.63) is 194 Å². The van der Waals surface area contributed by atoms with Crippen molar-refractivity contribution in [2.75, 3.05) is 87.5 Å². The second-order valence-corrected chi connectivity index (χ2v) is 27.6. The van der Waals surface area contributed by atoms with Gasteiger partial charge in [0.15, 0.2) is 0 Å². The van der Waals surface area contributed by atoms with Crippen LogP contribution >= 0.6 is 23.2 Å². The Morgan fingerprint density at radius 2 is 0.946 bits per heavy atom. The highest BCUT2D eigenvalue weighted by Crippen LogP contribution is 2.50. The molecule has 3 aliphatic carbocycles. The highest BCUT2D eigenvalue weighted by Gasteiger charge is 2.45. The first kappa shape index (κ1) is 62.4. The monoisotopic (exact) mass is 1280 g/mol. The van der Waals surface area contributed by atoms with Crippen LogP contribution in [-0.4, -0.2) is 119 Å². The molecule has 8 aromatic rings. The molecule has 5 fully saturated rings. The average molecular weight is 1280 g/mol. The van der Waals surface area contributed by atoms with E-state index in [1.54, 1.807) is 0 Å². The lowest BCUT2D eigenvalue weighted by atomic mass is 9.64. The molecule has 16 rings (SSSR count). The molecule has 3 spiro atoms. The van der Waals surface area contributed by atoms with E-state index in [0.717, 1.165) is 156 Å². The maximum atomic E-state index is 13.0. The van der Waals surface area contributed by atoms with Gasteiger partial charge in [0.25, 0.3) is 0 Å². The SMILES string of the molecule is Clc1cccc(Cl)c1CCNc1ncc2c(n1)-c1ccccc1C1(CCNCC1)C2.FC(F)(F)C1CCN(c2ncc3c(n2)-c2ccccc2C2(CCNCC2)C3)CC1.c1ccc(CN2CCC(Nc3ncc4c(n3)-c3ccccc3C3(CCNCC3)C4)CC2)cc1. The summed E-state index contributed by atoms with van der Waals surface area (Å²) < 4.78 is 38.9. The summed E-state index contributed by atoms with van der Waals surface area (Å²) in [6, 6.07) is 43.0. The topological polar surface area (TPSA) is 144 Å². The first-order valence-corrected chi connectivity index (χ1v) is 34.2. The minimum atomic E-state index is -4.11. The van der Waals surface area contributed by atoms with Gasteiger partial charge in [-0.2, -0.15) is 13.2 Å². The zero-order chi connectivity index (χ0) is 62.7. The third-order valence-corrected chi connectivity index (χ3v) is 21.9. The standard InChI is InChI=1S/C28H33N5.C24H24Cl2N4.C22H25F3N4/c1-2-6-21(7-3-1)20-33-16-10-23(11-17-33)31-27-30-19-22-18-28(12-14-29-15-13-28)25-9-5-4-8-24(25)26(22)32-27;25-20-6-3-7-21(26)18(20)8-11-28-23-29-15-16-14-24(9-12-27-13-10-24)19-5-2-1-4-17(19)22(16)30-23;23-22(24,25)16-5-11-29(12-6-16)20-27-14-15-13-21(7-9-26-10-8-21)18-4-2-1-3-17(18)19(15)28-20/h1-9,19,23,29H,10-18,20H2,(H,30,31,32);1-7,15,27H,8-14H2,(H,28,29,30);1-4,14,16,26H,5-13H2. The van der Waals surface area contributed by atoms with Crippen LogP contribution < -0.4 is 31.5 Å². The number of fused-ring (bicyclic) bond motifs is 12. The number of nitrogens with zero attached hydrogens (tertiary/aromatic N) is 8. The summed E-state index contributed by atoms with van der Waals surface area (Å²) in [5, 5.41) is 18.9. The second-order valence-electron chi connectivity index (χ2n) is 26.8. The number of rotatable bonds is 9. The van der Waals surface area contributed by atoms with Gasteiger partial charge < -0.3 is 31.5 Å². The number of alkyl halides is 3. The Balaban J connectivity index is 0.000000120. The molecule has 13 nitrogen and oxygen atoms in total. The minimum Gasteiger partial charge on any atom is -0.354 e. The fourth-order valence-electron chi connectivity index (χ4n) is 16.2. The predicted molar refractivity (Wildman–Crippen MR) is 363 cm³/mol. The lowest BCUT2D eigenvalue weighted by Gasteiger charge is -2.43. The molecule has 0 unspecified atom stereocenters. The molecule has 5 saturated heterocycles. The van der Waals surface area contributed by atoms with E-state index in [-0.39, 0.29) is 29.1 Å². The molecule has 5 aromatic carbocycles. The van der Waals surface area contributed by atoms with E-state index in [1.165, 1.54) is 57.3 Å². The predicted octanol–water partition coefficient (Wildman–Crippen LogP) is 13.8. The van der Waals surface area contributed by atoms with Crippen molar-refractivity contribution < 1.29 is 13.2 Å². The van der Waals surface area contributed by atoms with Crippen LogP contribution in [0.2, 0.25) is 10.0 Å². The molecule has 18 heteroatoms. The molecule has 8 heterocycles. The molecule has 3 aromatic heterocycles. The molecule has 0 amide bonds. The summed E-state index contributed by atoms with van der Waals surface area (Å²) >= 11 is 12.6. The number of hydrogen-bond donors (Lipinski definition) is 5. The summed E-state index contributed by atoms with van der Waals surface area (Å²) in [5.41, 5.74) is 17.7. The van der Waals surface area contributed by atoms with Crippen LogP contribution in [0.3, 0.4) is 0 Å². The smallest absolute Gasteiger partial charge is 0.354 e. The van der Waals surface area contributed by atoms with Gasteiger partial charge in [0.2, 0.25) is 17.8 Å². The van der Waals surface area contributed by atoms with E-state index in [0.29, 0.717) is 54.0 Å². The molecule has 8 aliphatic rings. The van der Waals surface area contributed by atoms with Crippen LogP contribution in [0.15, 0.2) is 140 Å². The quantitative estimate of drug-likeness (QED) is 0.0936. The summed E-state index contributed by atoms with van der Waals surface area (Å²) in [7, 11) is 0. The van der Waals surface area contributed by atoms with Gasteiger partial charge >= 0.3 is 6.18 Å². The number of nitrogens with one attached hydrogen (secondary N) is 5. The number of aromatic nitrogens is 6. The molecule has 5 N–H and O–H groups in total. The third-order valence-electron chi connectivity index (χ3n) is 21.2. The summed E-state index contributed by atoms with van der Waals surface area (Å²) in [6.07, 6.45) is 14.9. The highest BCUT2D eigenvalue weighted by atomic mass is 35.5. The van der Waals surface area contributed by atoms with Crippen LogP contribution in [-0.2, 0) is 48.5 Å². The molecular weight excluding hydrogens is 1200 g/mol. The second kappa shape index (κ2) is 27.1. The largest absolute Gasteiger partial charge is 0.391 e. The molecule has 0 radical (unpaired) electrons. The van der Waals surface area contributed by atoms with Gasteiger partial charge in [-0.25, -0.2) is 29.9 Å². The summed E-state index contributed by atoms with van der Waals surface area (Å²) in [4.78, 5) is 33.2. The fourth-order valence-corrected chi connectivity index (χ4v) is 16.8. The Hall–Kier alpha value is -7.05. The van der Waals surface area contributed by atoms with Gasteiger partial charge in [-0.05, 0) is 186 Å². The van der Waals surface area contributed by atoms with Gasteiger partial charge in [-0.15, -0.1) is 0 Å². The normalized spacial score (nSPS) is 19.6. The van der Waals surface area contributed by atoms with Gasteiger partial charge in [0, 0.05) is 107 Å². The van der Waals surface area contributed by atoms with Crippen LogP contribution in [0.5, 0.6) is 0 Å². The number of anilines is 3. The Bertz CT molecular complexity index is 3850. The van der Waals surface area contributed by atoms with Crippen LogP contribution in [0, 0.1) is 5.92 Å². The van der Waals surface area contributed by atoms with E-state index in [1.807, 2.05) is 41.6 Å². The van der Waals surface area contributed by atoms with Gasteiger partial charge in [0.05, 0.1) is 23.0 Å². The van der Waals surface area contributed by atoms with E-state index in [9.17, 15) is 13.2 Å². The van der Waals surface area contributed by atoms with Crippen LogP contribution in [0.25, 0.3) is 33.8 Å². The third kappa shape index (κ3) is 13.1. The number of benzene rings is 5. The van der Waals surface area contributed by atoms with Crippen molar-refractivity contribution >= 4 is 41.0 Å². The van der Waals surface area contributed by atoms with Crippen molar-refractivity contribution in [2.45, 2.75) is 125 Å². The molecule has 0 saturated carbocycles. The summed E-state index contributed by atoms with van der Waals surface area (Å²) in [5.74, 6) is 0.775. The highest BCUT2D eigenvalue weighted by molar-refractivity contribution is 6.36. The molecule has 478 valence electrons. The van der Waals surface area contributed by atoms with Crippen LogP contribution in [0.1, 0.15) is 109 Å². The molecule has 0 atom stereocenters. The number of hydrogen-bond acceptors (Lipinski definition) is 13. The lowest BCUT2D eigenvalue weighted by molar-refractivity contribution is -0.179. The maximum absolute atomic E-state index is 13.0. The molecule has 92 heavy (non-hydrogen) atoms. The van der Waals surface area contributed by atoms with E-state index in [2.05, 4.69) is 145 Å². The van der Waals surface area contributed by atoms with Crippen molar-refractivity contribution in [1.29, 1.82) is 0 Å². The van der Waals surface area contributed by atoms with E-state index in [4.69, 9.17) is 43.1 Å². The summed E-state index contributed by atoms with van der Waals surface area (Å²) in [6.45, 7) is 10.9. The number of piperidine rings is 5. The molecule has 5 aliphatic heterocycles. The minimum absolute atomic E-state index is 0.108. The van der Waals surface area contributed by atoms with Crippen molar-refractivity contribution in [2.24, 2.45) is 5.92 Å². The zero-order valence-corrected chi connectivity index (χ0v) is 53.8. The van der Waals surface area contributed by atoms with Gasteiger partial charge in [0.1, 0.15) is 0 Å². The Labute approximate surface area is 548 Å². The fraction of sp³-hybridized carbons (Fsp3) is 0.432.